The van der Waals surface area contributed by atoms with E-state index in [9.17, 15) is 0 Å². The smallest absolute Gasteiger partial charge is 0.190 e. The third-order valence-electron chi connectivity index (χ3n) is 0.489. The van der Waals surface area contributed by atoms with Gasteiger partial charge in [-0.3, -0.25) is 0 Å². The normalized spacial score (nSPS) is 19.7. The molecular formula is C3H8O3S. The van der Waals surface area contributed by atoms with E-state index in [0.29, 0.717) is 0 Å². The van der Waals surface area contributed by atoms with Crippen molar-refractivity contribution < 1.29 is 15.3 Å². The zero-order valence-electron chi connectivity index (χ0n) is 3.87. The van der Waals surface area contributed by atoms with E-state index >= 15 is 0 Å². The van der Waals surface area contributed by atoms with E-state index in [1.165, 1.54) is 6.92 Å². The first-order valence-corrected chi connectivity index (χ1v) is 2.20. The molecule has 0 bridgehead atoms. The maximum atomic E-state index is 8.46. The van der Waals surface area contributed by atoms with Gasteiger partial charge in [-0.1, -0.05) is 0 Å². The van der Waals surface area contributed by atoms with Gasteiger partial charge in [-0.25, -0.2) is 0 Å². The van der Waals surface area contributed by atoms with Crippen molar-refractivity contribution in [1.82, 2.24) is 0 Å². The Morgan fingerprint density at radius 2 is 1.71 bits per heavy atom. The van der Waals surface area contributed by atoms with E-state index < -0.39 is 11.2 Å². The van der Waals surface area contributed by atoms with E-state index in [4.69, 9.17) is 15.3 Å². The number of hydrogen-bond donors (Lipinski definition) is 4. The van der Waals surface area contributed by atoms with Gasteiger partial charge in [-0.2, -0.15) is 0 Å². The van der Waals surface area contributed by atoms with Crippen molar-refractivity contribution in [1.29, 1.82) is 0 Å². The summed E-state index contributed by atoms with van der Waals surface area (Å²) in [5, 5.41) is 24.7. The molecule has 4 heteroatoms. The fourth-order valence-corrected chi connectivity index (χ4v) is 0. The van der Waals surface area contributed by atoms with Crippen LogP contribution in [0.1, 0.15) is 6.92 Å². The molecule has 0 fully saturated rings. The van der Waals surface area contributed by atoms with Crippen molar-refractivity contribution in [2.75, 3.05) is 0 Å². The highest BCUT2D eigenvalue weighted by Gasteiger charge is 2.22. The Kier molecular flexibility index (Phi) is 2.07. The highest BCUT2D eigenvalue weighted by Crippen LogP contribution is 2.10. The zero-order chi connectivity index (χ0) is 6.08. The van der Waals surface area contributed by atoms with Gasteiger partial charge >= 0.3 is 0 Å². The molecule has 0 amide bonds. The predicted molar refractivity (Wildman–Crippen MR) is 27.8 cm³/mol. The highest BCUT2D eigenvalue weighted by molar-refractivity contribution is 7.81. The minimum Gasteiger partial charge on any atom is -0.375 e. The number of aliphatic hydroxyl groups excluding tert-OH is 1. The lowest BCUT2D eigenvalue weighted by Crippen LogP contribution is -2.32. The molecular weight excluding hydrogens is 116 g/mol. The summed E-state index contributed by atoms with van der Waals surface area (Å²) in [7, 11) is 0. The van der Waals surface area contributed by atoms with Crippen LogP contribution in [-0.2, 0) is 0 Å². The van der Waals surface area contributed by atoms with Gasteiger partial charge in [0.15, 0.2) is 11.2 Å². The molecule has 0 saturated heterocycles. The maximum absolute atomic E-state index is 8.46. The molecule has 0 radical (unpaired) electrons. The Morgan fingerprint density at radius 3 is 1.71 bits per heavy atom. The number of hydrogen-bond acceptors (Lipinski definition) is 4. The van der Waals surface area contributed by atoms with Gasteiger partial charge in [0, 0.05) is 0 Å². The predicted octanol–water partition coefficient (Wildman–Crippen LogP) is -1.06. The Morgan fingerprint density at radius 1 is 1.57 bits per heavy atom. The van der Waals surface area contributed by atoms with Gasteiger partial charge in [0.25, 0.3) is 0 Å². The summed E-state index contributed by atoms with van der Waals surface area (Å²) < 4.78 is 0. The summed E-state index contributed by atoms with van der Waals surface area (Å²) in [4.78, 5) is -1.69. The van der Waals surface area contributed by atoms with Gasteiger partial charge in [0.2, 0.25) is 0 Å². The van der Waals surface area contributed by atoms with Crippen LogP contribution >= 0.6 is 12.6 Å². The van der Waals surface area contributed by atoms with E-state index in [1.54, 1.807) is 0 Å². The van der Waals surface area contributed by atoms with Crippen molar-refractivity contribution in [2.45, 2.75) is 18.1 Å². The van der Waals surface area contributed by atoms with E-state index in [0.717, 1.165) is 0 Å². The Bertz CT molecular complexity index is 55.7. The van der Waals surface area contributed by atoms with Gasteiger partial charge in [-0.15, -0.1) is 12.6 Å². The van der Waals surface area contributed by atoms with Crippen molar-refractivity contribution in [3.63, 3.8) is 0 Å². The van der Waals surface area contributed by atoms with Crippen LogP contribution in [0.4, 0.5) is 0 Å². The van der Waals surface area contributed by atoms with Crippen LogP contribution in [0.15, 0.2) is 0 Å². The first-order chi connectivity index (χ1) is 2.94. The minimum atomic E-state index is -1.78. The van der Waals surface area contributed by atoms with Crippen LogP contribution in [0.25, 0.3) is 0 Å². The molecule has 0 aromatic heterocycles. The number of rotatable bonds is 1. The molecule has 1 atom stereocenters. The standard InChI is InChI=1S/C3H8O3S/c1-3(6,7)2(4)5/h2,4-7H,1H3. The van der Waals surface area contributed by atoms with Crippen LogP contribution in [-0.4, -0.2) is 26.5 Å². The topological polar surface area (TPSA) is 60.7 Å². The third kappa shape index (κ3) is 2.87. The molecule has 0 spiro atoms. The minimum absolute atomic E-state index is 1.18. The Hall–Kier alpha value is 0.230. The molecule has 44 valence electrons. The lowest BCUT2D eigenvalue weighted by molar-refractivity contribution is -0.130. The Balaban J connectivity index is 3.54. The fourth-order valence-electron chi connectivity index (χ4n) is 0. The van der Waals surface area contributed by atoms with E-state index in [2.05, 4.69) is 12.6 Å². The third-order valence-corrected chi connectivity index (χ3v) is 0.720. The van der Waals surface area contributed by atoms with Gasteiger partial charge < -0.3 is 15.3 Å². The van der Waals surface area contributed by atoms with E-state index in [1.807, 2.05) is 0 Å². The maximum Gasteiger partial charge on any atom is 0.190 e. The van der Waals surface area contributed by atoms with Gasteiger partial charge in [0.05, 0.1) is 0 Å². The van der Waals surface area contributed by atoms with E-state index in [-0.39, 0.29) is 0 Å². The molecule has 0 aliphatic carbocycles. The summed E-state index contributed by atoms with van der Waals surface area (Å²) >= 11 is 3.41. The average molecular weight is 124 g/mol. The molecule has 3 nitrogen and oxygen atoms in total. The van der Waals surface area contributed by atoms with Crippen LogP contribution in [0, 0.1) is 0 Å². The first-order valence-electron chi connectivity index (χ1n) is 1.75. The second kappa shape index (κ2) is 2.00. The monoisotopic (exact) mass is 124 g/mol. The molecule has 0 saturated carbocycles. The fraction of sp³-hybridized carbons (Fsp3) is 1.00. The SMILES string of the molecule is CC(O)(S)C(O)O. The second-order valence-corrected chi connectivity index (χ2v) is 2.37. The van der Waals surface area contributed by atoms with Gasteiger partial charge in [-0.05, 0) is 6.92 Å². The quantitative estimate of drug-likeness (QED) is 0.266. The highest BCUT2D eigenvalue weighted by atomic mass is 32.1. The van der Waals surface area contributed by atoms with Crippen LogP contribution in [0.3, 0.4) is 0 Å². The molecule has 0 rings (SSSR count). The van der Waals surface area contributed by atoms with Crippen molar-refractivity contribution >= 4 is 12.6 Å². The van der Waals surface area contributed by atoms with Crippen LogP contribution in [0.5, 0.6) is 0 Å². The lowest BCUT2D eigenvalue weighted by atomic mass is 10.4. The van der Waals surface area contributed by atoms with Crippen molar-refractivity contribution in [2.24, 2.45) is 0 Å². The molecule has 0 aliphatic heterocycles. The van der Waals surface area contributed by atoms with Gasteiger partial charge in [0.1, 0.15) is 0 Å². The first kappa shape index (κ1) is 7.23. The Labute approximate surface area is 47.0 Å². The molecule has 3 N–H and O–H groups in total. The molecule has 0 aromatic carbocycles. The summed E-state index contributed by atoms with van der Waals surface area (Å²) in [5.74, 6) is 0. The molecule has 0 heterocycles. The van der Waals surface area contributed by atoms with Crippen molar-refractivity contribution in [3.05, 3.63) is 0 Å². The lowest BCUT2D eigenvalue weighted by Gasteiger charge is -2.16. The number of aliphatic hydroxyl groups is 3. The van der Waals surface area contributed by atoms with Crippen molar-refractivity contribution in [3.8, 4) is 0 Å². The molecule has 7 heavy (non-hydrogen) atoms. The molecule has 0 aromatic rings. The summed E-state index contributed by atoms with van der Waals surface area (Å²) in [5.41, 5.74) is 0. The summed E-state index contributed by atoms with van der Waals surface area (Å²) in [6.07, 6.45) is -1.78. The zero-order valence-corrected chi connectivity index (χ0v) is 4.76. The average Bonchev–Trinajstić information content (AvgIpc) is 1.31. The molecule has 1 unspecified atom stereocenters. The molecule has 0 aliphatic rings. The summed E-state index contributed by atoms with van der Waals surface area (Å²) in [6, 6.07) is 0. The second-order valence-electron chi connectivity index (χ2n) is 1.47. The largest absolute Gasteiger partial charge is 0.375 e. The number of thiol groups is 1. The van der Waals surface area contributed by atoms with Crippen LogP contribution in [0.2, 0.25) is 0 Å². The van der Waals surface area contributed by atoms with Crippen LogP contribution < -0.4 is 0 Å². The summed E-state index contributed by atoms with van der Waals surface area (Å²) in [6.45, 7) is 1.18.